The van der Waals surface area contributed by atoms with Gasteiger partial charge < -0.3 is 20.1 Å². The number of morpholine rings is 1. The van der Waals surface area contributed by atoms with Crippen LogP contribution in [-0.2, 0) is 9.53 Å². The van der Waals surface area contributed by atoms with Gasteiger partial charge >= 0.3 is 0 Å². The quantitative estimate of drug-likeness (QED) is 0.739. The zero-order valence-corrected chi connectivity index (χ0v) is 11.6. The van der Waals surface area contributed by atoms with E-state index in [9.17, 15) is 4.79 Å². The summed E-state index contributed by atoms with van der Waals surface area (Å²) in [5.74, 6) is 2.31. The van der Waals surface area contributed by atoms with Crippen LogP contribution in [-0.4, -0.2) is 71.9 Å². The highest BCUT2D eigenvalue weighted by Gasteiger charge is 2.30. The molecule has 2 heterocycles. The van der Waals surface area contributed by atoms with Gasteiger partial charge in [0.25, 0.3) is 0 Å². The zero-order valence-electron chi connectivity index (χ0n) is 10.8. The van der Waals surface area contributed by atoms with Crippen LogP contribution >= 0.6 is 11.8 Å². The first kappa shape index (κ1) is 14.1. The summed E-state index contributed by atoms with van der Waals surface area (Å²) in [4.78, 5) is 14.1. The minimum atomic E-state index is -0.223. The Labute approximate surface area is 112 Å². The largest absolute Gasteiger partial charge is 0.394 e. The van der Waals surface area contributed by atoms with Crippen molar-refractivity contribution in [3.8, 4) is 0 Å². The molecule has 2 aliphatic heterocycles. The Hall–Kier alpha value is -0.300. The number of nitrogens with one attached hydrogen (secondary N) is 1. The van der Waals surface area contributed by atoms with Crippen LogP contribution in [0.15, 0.2) is 0 Å². The van der Waals surface area contributed by atoms with E-state index in [0.29, 0.717) is 25.6 Å². The SMILES string of the molecule is CC1COC(CO)CN1C(=O)CC1CSCCN1. The van der Waals surface area contributed by atoms with E-state index in [0.717, 1.165) is 18.1 Å². The first-order valence-corrected chi connectivity index (χ1v) is 7.69. The summed E-state index contributed by atoms with van der Waals surface area (Å²) in [7, 11) is 0. The van der Waals surface area contributed by atoms with Crippen molar-refractivity contribution in [2.75, 3.05) is 37.8 Å². The number of hydrogen-bond acceptors (Lipinski definition) is 5. The number of hydrogen-bond donors (Lipinski definition) is 2. The lowest BCUT2D eigenvalue weighted by atomic mass is 10.1. The van der Waals surface area contributed by atoms with Gasteiger partial charge in [-0.15, -0.1) is 0 Å². The van der Waals surface area contributed by atoms with Crippen molar-refractivity contribution in [3.05, 3.63) is 0 Å². The Bertz CT molecular complexity index is 284. The fourth-order valence-electron chi connectivity index (χ4n) is 2.35. The summed E-state index contributed by atoms with van der Waals surface area (Å²) in [6.07, 6.45) is 0.328. The van der Waals surface area contributed by atoms with Gasteiger partial charge in [-0.25, -0.2) is 0 Å². The predicted molar refractivity (Wildman–Crippen MR) is 71.7 cm³/mol. The maximum Gasteiger partial charge on any atom is 0.224 e. The molecule has 0 aromatic heterocycles. The number of nitrogens with zero attached hydrogens (tertiary/aromatic N) is 1. The van der Waals surface area contributed by atoms with Crippen molar-refractivity contribution >= 4 is 17.7 Å². The van der Waals surface area contributed by atoms with Crippen molar-refractivity contribution in [1.82, 2.24) is 10.2 Å². The van der Waals surface area contributed by atoms with Crippen LogP contribution in [0.5, 0.6) is 0 Å². The molecule has 0 aliphatic carbocycles. The number of aliphatic hydroxyl groups is 1. The normalized spacial score (nSPS) is 33.4. The van der Waals surface area contributed by atoms with Crippen molar-refractivity contribution in [3.63, 3.8) is 0 Å². The Kier molecular flexibility index (Phi) is 5.29. The molecule has 18 heavy (non-hydrogen) atoms. The van der Waals surface area contributed by atoms with Crippen LogP contribution in [0, 0.1) is 0 Å². The molecule has 3 unspecified atom stereocenters. The number of amides is 1. The molecule has 2 N–H and O–H groups in total. The van der Waals surface area contributed by atoms with Gasteiger partial charge in [-0.05, 0) is 6.92 Å². The second-order valence-electron chi connectivity index (χ2n) is 4.96. The Morgan fingerprint density at radius 2 is 2.44 bits per heavy atom. The number of thioether (sulfide) groups is 1. The van der Waals surface area contributed by atoms with Gasteiger partial charge in [-0.3, -0.25) is 4.79 Å². The van der Waals surface area contributed by atoms with Crippen LogP contribution in [0.4, 0.5) is 0 Å². The third kappa shape index (κ3) is 3.60. The molecule has 2 fully saturated rings. The zero-order chi connectivity index (χ0) is 13.0. The molecule has 5 nitrogen and oxygen atoms in total. The summed E-state index contributed by atoms with van der Waals surface area (Å²) in [6, 6.07) is 0.399. The van der Waals surface area contributed by atoms with Gasteiger partial charge in [0.2, 0.25) is 5.91 Å². The third-order valence-electron chi connectivity index (χ3n) is 3.45. The molecule has 2 rings (SSSR count). The lowest BCUT2D eigenvalue weighted by Gasteiger charge is -2.38. The van der Waals surface area contributed by atoms with Crippen molar-refractivity contribution in [1.29, 1.82) is 0 Å². The van der Waals surface area contributed by atoms with Gasteiger partial charge in [-0.1, -0.05) is 0 Å². The van der Waals surface area contributed by atoms with Crippen LogP contribution in [0.1, 0.15) is 13.3 Å². The number of ether oxygens (including phenoxy) is 1. The van der Waals surface area contributed by atoms with Crippen molar-refractivity contribution in [2.24, 2.45) is 0 Å². The molecule has 0 aromatic rings. The fourth-order valence-corrected chi connectivity index (χ4v) is 3.30. The Morgan fingerprint density at radius 1 is 1.61 bits per heavy atom. The Morgan fingerprint density at radius 3 is 3.11 bits per heavy atom. The maximum absolute atomic E-state index is 12.3. The fraction of sp³-hybridized carbons (Fsp3) is 0.917. The first-order valence-electron chi connectivity index (χ1n) is 6.53. The van der Waals surface area contributed by atoms with Crippen LogP contribution < -0.4 is 5.32 Å². The molecule has 0 saturated carbocycles. The van der Waals surface area contributed by atoms with E-state index in [4.69, 9.17) is 9.84 Å². The monoisotopic (exact) mass is 274 g/mol. The summed E-state index contributed by atoms with van der Waals surface area (Å²) < 4.78 is 5.45. The van der Waals surface area contributed by atoms with Gasteiger partial charge in [0.05, 0.1) is 25.4 Å². The van der Waals surface area contributed by atoms with E-state index >= 15 is 0 Å². The summed E-state index contributed by atoms with van der Waals surface area (Å²) in [6.45, 7) is 3.99. The van der Waals surface area contributed by atoms with Gasteiger partial charge in [0.15, 0.2) is 0 Å². The molecule has 1 amide bonds. The average molecular weight is 274 g/mol. The number of rotatable bonds is 3. The second kappa shape index (κ2) is 6.75. The summed E-state index contributed by atoms with van der Waals surface area (Å²) >= 11 is 1.90. The number of carbonyl (C=O) groups excluding carboxylic acids is 1. The average Bonchev–Trinajstić information content (AvgIpc) is 2.40. The molecule has 2 aliphatic rings. The van der Waals surface area contributed by atoms with Crippen LogP contribution in [0.3, 0.4) is 0 Å². The summed E-state index contributed by atoms with van der Waals surface area (Å²) in [5.41, 5.74) is 0. The molecule has 0 aromatic carbocycles. The lowest BCUT2D eigenvalue weighted by Crippen LogP contribution is -2.53. The minimum absolute atomic E-state index is 0.0198. The standard InChI is InChI=1S/C12H22N2O3S/c1-9-7-17-11(6-15)5-14(9)12(16)4-10-8-18-3-2-13-10/h9-11,13,15H,2-8H2,1H3. The molecular formula is C12H22N2O3S. The van der Waals surface area contributed by atoms with E-state index in [2.05, 4.69) is 5.32 Å². The van der Waals surface area contributed by atoms with E-state index in [1.165, 1.54) is 0 Å². The Balaban J connectivity index is 1.85. The predicted octanol–water partition coefficient (Wildman–Crippen LogP) is -0.310. The van der Waals surface area contributed by atoms with E-state index in [1.807, 2.05) is 23.6 Å². The number of aliphatic hydroxyl groups excluding tert-OH is 1. The highest BCUT2D eigenvalue weighted by molar-refractivity contribution is 7.99. The van der Waals surface area contributed by atoms with Crippen LogP contribution in [0.25, 0.3) is 0 Å². The maximum atomic E-state index is 12.3. The molecular weight excluding hydrogens is 252 g/mol. The second-order valence-corrected chi connectivity index (χ2v) is 6.11. The highest BCUT2D eigenvalue weighted by Crippen LogP contribution is 2.16. The van der Waals surface area contributed by atoms with Gasteiger partial charge in [-0.2, -0.15) is 11.8 Å². The van der Waals surface area contributed by atoms with Gasteiger partial charge in [0, 0.05) is 37.1 Å². The van der Waals surface area contributed by atoms with Crippen LogP contribution in [0.2, 0.25) is 0 Å². The minimum Gasteiger partial charge on any atom is -0.394 e. The molecule has 0 bridgehead atoms. The first-order chi connectivity index (χ1) is 8.70. The highest BCUT2D eigenvalue weighted by atomic mass is 32.2. The molecule has 6 heteroatoms. The van der Waals surface area contributed by atoms with E-state index < -0.39 is 0 Å². The molecule has 0 radical (unpaired) electrons. The topological polar surface area (TPSA) is 61.8 Å². The number of carbonyl (C=O) groups is 1. The third-order valence-corrected chi connectivity index (χ3v) is 4.58. The molecule has 3 atom stereocenters. The molecule has 0 spiro atoms. The van der Waals surface area contributed by atoms with Crippen molar-refractivity contribution in [2.45, 2.75) is 31.5 Å². The molecule has 2 saturated heterocycles. The van der Waals surface area contributed by atoms with Crippen molar-refractivity contribution < 1.29 is 14.6 Å². The summed E-state index contributed by atoms with van der Waals surface area (Å²) in [5, 5.41) is 12.5. The van der Waals surface area contributed by atoms with E-state index in [1.54, 1.807) is 0 Å². The van der Waals surface area contributed by atoms with Gasteiger partial charge in [0.1, 0.15) is 0 Å². The smallest absolute Gasteiger partial charge is 0.224 e. The lowest BCUT2D eigenvalue weighted by molar-refractivity contribution is -0.146. The molecule has 104 valence electrons. The van der Waals surface area contributed by atoms with E-state index in [-0.39, 0.29) is 24.7 Å².